The molecule has 2 unspecified atom stereocenters. The molecule has 0 radical (unpaired) electrons. The van der Waals surface area contributed by atoms with Crippen molar-refractivity contribution in [2.45, 2.75) is 26.9 Å². The highest BCUT2D eigenvalue weighted by Gasteiger charge is 2.35. The Kier molecular flexibility index (Phi) is 8.05. The maximum absolute atomic E-state index is 12.4. The van der Waals surface area contributed by atoms with Crippen LogP contribution in [0.4, 0.5) is 0 Å². The largest absolute Gasteiger partial charge is 0.481 e. The topological polar surface area (TPSA) is 110 Å². The van der Waals surface area contributed by atoms with E-state index in [0.29, 0.717) is 0 Å². The first kappa shape index (κ1) is 21.1. The van der Waals surface area contributed by atoms with E-state index in [2.05, 4.69) is 4.72 Å². The highest BCUT2D eigenvalue weighted by molar-refractivity contribution is 7.88. The van der Waals surface area contributed by atoms with Gasteiger partial charge in [0.05, 0.1) is 18.1 Å². The summed E-state index contributed by atoms with van der Waals surface area (Å²) in [5.74, 6) is -3.97. The van der Waals surface area contributed by atoms with Crippen molar-refractivity contribution < 1.29 is 27.9 Å². The number of carbonyl (C=O) groups excluding carboxylic acids is 1. The van der Waals surface area contributed by atoms with Gasteiger partial charge in [-0.1, -0.05) is 44.2 Å². The molecule has 0 aliphatic rings. The Morgan fingerprint density at radius 3 is 2.24 bits per heavy atom. The van der Waals surface area contributed by atoms with E-state index < -0.39 is 33.8 Å². The molecule has 0 saturated carbocycles. The normalized spacial score (nSPS) is 14.1. The maximum Gasteiger partial charge on any atom is 0.311 e. The van der Waals surface area contributed by atoms with Crippen molar-refractivity contribution in [2.24, 2.45) is 17.8 Å². The van der Waals surface area contributed by atoms with Crippen molar-refractivity contribution in [1.82, 2.24) is 4.72 Å². The van der Waals surface area contributed by atoms with E-state index in [1.165, 1.54) is 0 Å². The van der Waals surface area contributed by atoms with Crippen molar-refractivity contribution in [3.63, 3.8) is 0 Å². The van der Waals surface area contributed by atoms with Gasteiger partial charge >= 0.3 is 11.9 Å². The van der Waals surface area contributed by atoms with Gasteiger partial charge in [-0.2, -0.15) is 0 Å². The summed E-state index contributed by atoms with van der Waals surface area (Å²) in [5.41, 5.74) is 0.765. The van der Waals surface area contributed by atoms with Crippen LogP contribution in [0.15, 0.2) is 30.3 Å². The Bertz CT molecular complexity index is 672. The molecule has 0 spiro atoms. The number of benzene rings is 1. The van der Waals surface area contributed by atoms with E-state index in [9.17, 15) is 23.1 Å². The minimum Gasteiger partial charge on any atom is -0.481 e. The van der Waals surface area contributed by atoms with Crippen molar-refractivity contribution in [1.29, 1.82) is 0 Å². The molecule has 0 bridgehead atoms. The molecule has 2 N–H and O–H groups in total. The second-order valence-corrected chi connectivity index (χ2v) is 8.23. The van der Waals surface area contributed by atoms with E-state index in [0.717, 1.165) is 11.8 Å². The van der Waals surface area contributed by atoms with Crippen LogP contribution in [0.1, 0.15) is 25.8 Å². The Morgan fingerprint density at radius 1 is 1.16 bits per heavy atom. The minimum atomic E-state index is -3.56. The van der Waals surface area contributed by atoms with Crippen LogP contribution < -0.4 is 4.72 Å². The van der Waals surface area contributed by atoms with Gasteiger partial charge in [-0.25, -0.2) is 13.1 Å². The van der Waals surface area contributed by atoms with E-state index in [1.807, 2.05) is 19.9 Å². The standard InChI is InChI=1S/C17H25NO6S/c1-12(2)9-14(16(19)20)15(10-18-25(3,22)23)17(21)24-11-13-7-5-4-6-8-13/h4-8,12,14-15,18H,9-11H2,1-3H3,(H,19,20). The number of sulfonamides is 1. The molecular formula is C17H25NO6S. The number of hydrogen-bond donors (Lipinski definition) is 2. The molecular weight excluding hydrogens is 346 g/mol. The molecule has 0 aliphatic carbocycles. The predicted octanol–water partition coefficient (Wildman–Crippen LogP) is 1.64. The Morgan fingerprint density at radius 2 is 1.76 bits per heavy atom. The molecule has 0 fully saturated rings. The summed E-state index contributed by atoms with van der Waals surface area (Å²) in [6.45, 7) is 3.37. The molecule has 8 heteroatoms. The third-order valence-electron chi connectivity index (χ3n) is 3.62. The highest BCUT2D eigenvalue weighted by Crippen LogP contribution is 2.23. The summed E-state index contributed by atoms with van der Waals surface area (Å²) in [6, 6.07) is 8.97. The van der Waals surface area contributed by atoms with E-state index in [1.54, 1.807) is 24.3 Å². The lowest BCUT2D eigenvalue weighted by molar-refractivity contribution is -0.159. The zero-order valence-electron chi connectivity index (χ0n) is 14.6. The smallest absolute Gasteiger partial charge is 0.311 e. The minimum absolute atomic E-state index is 0.00304. The molecule has 0 heterocycles. The van der Waals surface area contributed by atoms with Gasteiger partial charge in [0, 0.05) is 6.54 Å². The Hall–Kier alpha value is -1.93. The molecule has 2 atom stereocenters. The molecule has 0 aliphatic heterocycles. The number of esters is 1. The fourth-order valence-corrected chi connectivity index (χ4v) is 2.89. The second kappa shape index (κ2) is 9.53. The number of hydrogen-bond acceptors (Lipinski definition) is 5. The van der Waals surface area contributed by atoms with Gasteiger partial charge in [0.15, 0.2) is 0 Å². The second-order valence-electron chi connectivity index (χ2n) is 6.39. The first-order chi connectivity index (χ1) is 11.6. The lowest BCUT2D eigenvalue weighted by Crippen LogP contribution is -2.40. The summed E-state index contributed by atoms with van der Waals surface area (Å²) in [6.07, 6.45) is 1.20. The van der Waals surface area contributed by atoms with Gasteiger partial charge in [-0.15, -0.1) is 0 Å². The van der Waals surface area contributed by atoms with Crippen LogP contribution in [-0.2, 0) is 31.0 Å². The van der Waals surface area contributed by atoms with Gasteiger partial charge in [0.2, 0.25) is 10.0 Å². The van der Waals surface area contributed by atoms with Gasteiger partial charge < -0.3 is 9.84 Å². The molecule has 1 aromatic rings. The van der Waals surface area contributed by atoms with Crippen molar-refractivity contribution in [2.75, 3.05) is 12.8 Å². The number of carboxylic acid groups (broad SMARTS) is 1. The van der Waals surface area contributed by atoms with Gasteiger partial charge in [-0.05, 0) is 17.9 Å². The summed E-state index contributed by atoms with van der Waals surface area (Å²) in [5, 5.41) is 9.47. The van der Waals surface area contributed by atoms with Crippen LogP contribution in [0.3, 0.4) is 0 Å². The Labute approximate surface area is 148 Å². The van der Waals surface area contributed by atoms with Crippen LogP contribution in [0.2, 0.25) is 0 Å². The molecule has 1 rings (SSSR count). The summed E-state index contributed by atoms with van der Waals surface area (Å²) in [4.78, 5) is 24.0. The summed E-state index contributed by atoms with van der Waals surface area (Å²) < 4.78 is 30.1. The van der Waals surface area contributed by atoms with E-state index >= 15 is 0 Å². The summed E-state index contributed by atoms with van der Waals surface area (Å²) >= 11 is 0. The monoisotopic (exact) mass is 371 g/mol. The van der Waals surface area contributed by atoms with Crippen LogP contribution in [0.5, 0.6) is 0 Å². The molecule has 0 aromatic heterocycles. The fraction of sp³-hybridized carbons (Fsp3) is 0.529. The van der Waals surface area contributed by atoms with Crippen LogP contribution >= 0.6 is 0 Å². The highest BCUT2D eigenvalue weighted by atomic mass is 32.2. The zero-order chi connectivity index (χ0) is 19.0. The summed E-state index contributed by atoms with van der Waals surface area (Å²) in [7, 11) is -3.56. The van der Waals surface area contributed by atoms with Gasteiger partial charge in [0.25, 0.3) is 0 Å². The van der Waals surface area contributed by atoms with E-state index in [-0.39, 0.29) is 25.5 Å². The number of ether oxygens (including phenoxy) is 1. The first-order valence-electron chi connectivity index (χ1n) is 7.98. The fourth-order valence-electron chi connectivity index (χ4n) is 2.41. The van der Waals surface area contributed by atoms with Gasteiger partial charge in [0.1, 0.15) is 6.61 Å². The molecule has 0 saturated heterocycles. The number of carbonyl (C=O) groups is 2. The number of nitrogens with one attached hydrogen (secondary N) is 1. The number of rotatable bonds is 10. The maximum atomic E-state index is 12.4. The molecule has 7 nitrogen and oxygen atoms in total. The Balaban J connectivity index is 2.90. The van der Waals surface area contributed by atoms with Crippen molar-refractivity contribution in [3.05, 3.63) is 35.9 Å². The van der Waals surface area contributed by atoms with E-state index in [4.69, 9.17) is 4.74 Å². The lowest BCUT2D eigenvalue weighted by Gasteiger charge is -2.24. The zero-order valence-corrected chi connectivity index (χ0v) is 15.5. The molecule has 1 aromatic carbocycles. The van der Waals surface area contributed by atoms with Gasteiger partial charge in [-0.3, -0.25) is 9.59 Å². The SMILES string of the molecule is CC(C)CC(C(=O)O)C(CNS(C)(=O)=O)C(=O)OCc1ccccc1. The van der Waals surface area contributed by atoms with Crippen LogP contribution in [0, 0.1) is 17.8 Å². The number of aliphatic carboxylic acids is 1. The van der Waals surface area contributed by atoms with Crippen LogP contribution in [-0.4, -0.2) is 38.3 Å². The quantitative estimate of drug-likeness (QED) is 0.605. The third-order valence-corrected chi connectivity index (χ3v) is 4.31. The van der Waals surface area contributed by atoms with Crippen molar-refractivity contribution >= 4 is 22.0 Å². The van der Waals surface area contributed by atoms with Crippen molar-refractivity contribution in [3.8, 4) is 0 Å². The predicted molar refractivity (Wildman–Crippen MR) is 93.2 cm³/mol. The van der Waals surface area contributed by atoms with Crippen LogP contribution in [0.25, 0.3) is 0 Å². The lowest BCUT2D eigenvalue weighted by atomic mass is 9.85. The number of carboxylic acids is 1. The molecule has 0 amide bonds. The molecule has 140 valence electrons. The average Bonchev–Trinajstić information content (AvgIpc) is 2.51. The third kappa shape index (κ3) is 8.13. The first-order valence-corrected chi connectivity index (χ1v) is 9.87. The average molecular weight is 371 g/mol. The molecule has 25 heavy (non-hydrogen) atoms.